The summed E-state index contributed by atoms with van der Waals surface area (Å²) >= 11 is 12.1. The number of hydrogen-bond donors (Lipinski definition) is 1. The molecular weight excluding hydrogens is 343 g/mol. The smallest absolute Gasteiger partial charge is 0.238 e. The van der Waals surface area contributed by atoms with Gasteiger partial charge >= 0.3 is 0 Å². The topological polar surface area (TPSA) is 32.3 Å². The van der Waals surface area contributed by atoms with E-state index in [-0.39, 0.29) is 5.91 Å². The quantitative estimate of drug-likeness (QED) is 0.822. The average Bonchev–Trinajstić information content (AvgIpc) is 3.00. The molecule has 1 heterocycles. The summed E-state index contributed by atoms with van der Waals surface area (Å²) < 4.78 is 0. The van der Waals surface area contributed by atoms with Crippen LogP contribution < -0.4 is 5.32 Å². The van der Waals surface area contributed by atoms with Crippen molar-refractivity contribution in [3.63, 3.8) is 0 Å². The van der Waals surface area contributed by atoms with Crippen molar-refractivity contribution >= 4 is 34.8 Å². The highest BCUT2D eigenvalue weighted by molar-refractivity contribution is 6.43. The van der Waals surface area contributed by atoms with Gasteiger partial charge in [-0.25, -0.2) is 0 Å². The van der Waals surface area contributed by atoms with Gasteiger partial charge in [-0.05, 0) is 44.0 Å². The Morgan fingerprint density at radius 1 is 1.21 bits per heavy atom. The molecule has 0 aromatic heterocycles. The van der Waals surface area contributed by atoms with E-state index in [1.165, 1.54) is 11.1 Å². The van der Waals surface area contributed by atoms with Gasteiger partial charge in [-0.3, -0.25) is 9.69 Å². The summed E-state index contributed by atoms with van der Waals surface area (Å²) in [4.78, 5) is 14.6. The van der Waals surface area contributed by atoms with Crippen LogP contribution in [0.3, 0.4) is 0 Å². The highest BCUT2D eigenvalue weighted by Gasteiger charge is 2.27. The monoisotopic (exact) mass is 362 g/mol. The molecule has 2 aromatic rings. The first-order valence-corrected chi connectivity index (χ1v) is 8.84. The molecule has 126 valence electrons. The summed E-state index contributed by atoms with van der Waals surface area (Å²) in [5, 5.41) is 3.68. The Balaban J connectivity index is 1.67. The maximum absolute atomic E-state index is 12.4. The third-order valence-corrected chi connectivity index (χ3v) is 5.22. The Hall–Kier alpha value is -1.55. The Labute approximate surface area is 152 Å². The molecule has 1 N–H and O–H groups in total. The van der Waals surface area contributed by atoms with E-state index in [1.54, 1.807) is 18.2 Å². The van der Waals surface area contributed by atoms with E-state index in [1.807, 2.05) is 0 Å². The number of rotatable bonds is 4. The van der Waals surface area contributed by atoms with Crippen LogP contribution in [-0.4, -0.2) is 23.9 Å². The van der Waals surface area contributed by atoms with Crippen LogP contribution in [0.15, 0.2) is 42.5 Å². The van der Waals surface area contributed by atoms with E-state index in [2.05, 4.69) is 41.4 Å². The molecule has 1 aliphatic heterocycles. The third-order valence-electron chi connectivity index (χ3n) is 4.40. The number of anilines is 1. The minimum Gasteiger partial charge on any atom is -0.324 e. The lowest BCUT2D eigenvalue weighted by Gasteiger charge is -2.24. The summed E-state index contributed by atoms with van der Waals surface area (Å²) in [5.41, 5.74) is 3.07. The molecule has 24 heavy (non-hydrogen) atoms. The summed E-state index contributed by atoms with van der Waals surface area (Å²) in [6, 6.07) is 14.1. The summed E-state index contributed by atoms with van der Waals surface area (Å²) in [7, 11) is 0. The zero-order valence-electron chi connectivity index (χ0n) is 13.6. The predicted octanol–water partition coefficient (Wildman–Crippen LogP) is 5.08. The molecule has 1 unspecified atom stereocenters. The number of benzene rings is 2. The summed E-state index contributed by atoms with van der Waals surface area (Å²) in [6.45, 7) is 3.36. The highest BCUT2D eigenvalue weighted by Crippen LogP contribution is 2.32. The van der Waals surface area contributed by atoms with Crippen molar-refractivity contribution < 1.29 is 4.79 Å². The number of carbonyl (C=O) groups excluding carboxylic acids is 1. The Morgan fingerprint density at radius 3 is 2.71 bits per heavy atom. The van der Waals surface area contributed by atoms with Crippen LogP contribution in [0.25, 0.3) is 0 Å². The van der Waals surface area contributed by atoms with Gasteiger partial charge in [0.15, 0.2) is 0 Å². The zero-order valence-corrected chi connectivity index (χ0v) is 15.1. The first-order valence-electron chi connectivity index (χ1n) is 8.09. The van der Waals surface area contributed by atoms with E-state index in [4.69, 9.17) is 23.2 Å². The van der Waals surface area contributed by atoms with Crippen LogP contribution in [0, 0.1) is 6.92 Å². The molecule has 0 saturated carbocycles. The molecular formula is C19H20Cl2N2O. The van der Waals surface area contributed by atoms with Crippen molar-refractivity contribution in [3.05, 3.63) is 63.6 Å². The van der Waals surface area contributed by atoms with Gasteiger partial charge in [0, 0.05) is 6.04 Å². The second kappa shape index (κ2) is 7.56. The largest absolute Gasteiger partial charge is 0.324 e. The molecule has 1 aliphatic rings. The van der Waals surface area contributed by atoms with Crippen molar-refractivity contribution in [3.8, 4) is 0 Å². The standard InChI is InChI=1S/C19H20Cl2N2O/c1-13-7-9-14(10-8-13)17-6-3-11-23(17)12-18(24)22-16-5-2-4-15(20)19(16)21/h2,4-5,7-10,17H,3,6,11-12H2,1H3,(H,22,24). The number of nitrogens with one attached hydrogen (secondary N) is 1. The third kappa shape index (κ3) is 3.92. The summed E-state index contributed by atoms with van der Waals surface area (Å²) in [5.74, 6) is -0.0711. The number of amides is 1. The van der Waals surface area contributed by atoms with Crippen LogP contribution in [-0.2, 0) is 4.79 Å². The van der Waals surface area contributed by atoms with Gasteiger partial charge in [-0.1, -0.05) is 59.1 Å². The fraction of sp³-hybridized carbons (Fsp3) is 0.316. The fourth-order valence-electron chi connectivity index (χ4n) is 3.16. The number of hydrogen-bond acceptors (Lipinski definition) is 2. The molecule has 2 aromatic carbocycles. The van der Waals surface area contributed by atoms with Crippen LogP contribution in [0.2, 0.25) is 10.0 Å². The SMILES string of the molecule is Cc1ccc(C2CCCN2CC(=O)Nc2cccc(Cl)c2Cl)cc1. The van der Waals surface area contributed by atoms with E-state index < -0.39 is 0 Å². The van der Waals surface area contributed by atoms with Gasteiger partial charge in [0.05, 0.1) is 22.3 Å². The van der Waals surface area contributed by atoms with Crippen molar-refractivity contribution in [1.82, 2.24) is 4.90 Å². The first-order chi connectivity index (χ1) is 11.5. The van der Waals surface area contributed by atoms with Gasteiger partial charge < -0.3 is 5.32 Å². The van der Waals surface area contributed by atoms with Crippen molar-refractivity contribution in [2.75, 3.05) is 18.4 Å². The van der Waals surface area contributed by atoms with E-state index >= 15 is 0 Å². The molecule has 1 amide bonds. The molecule has 1 fully saturated rings. The van der Waals surface area contributed by atoms with Crippen molar-refractivity contribution in [2.45, 2.75) is 25.8 Å². The number of nitrogens with zero attached hydrogens (tertiary/aromatic N) is 1. The lowest BCUT2D eigenvalue weighted by atomic mass is 10.0. The number of halogens is 2. The van der Waals surface area contributed by atoms with Crippen LogP contribution in [0.1, 0.15) is 30.0 Å². The van der Waals surface area contributed by atoms with Gasteiger partial charge in [0.1, 0.15) is 0 Å². The number of carbonyl (C=O) groups is 1. The van der Waals surface area contributed by atoms with Gasteiger partial charge in [0.2, 0.25) is 5.91 Å². The second-order valence-electron chi connectivity index (χ2n) is 6.19. The molecule has 3 nitrogen and oxygen atoms in total. The molecule has 1 saturated heterocycles. The molecule has 3 rings (SSSR count). The van der Waals surface area contributed by atoms with E-state index in [9.17, 15) is 4.79 Å². The van der Waals surface area contributed by atoms with E-state index in [0.717, 1.165) is 19.4 Å². The predicted molar refractivity (Wildman–Crippen MR) is 99.8 cm³/mol. The Kier molecular flexibility index (Phi) is 5.44. The highest BCUT2D eigenvalue weighted by atomic mass is 35.5. The average molecular weight is 363 g/mol. The summed E-state index contributed by atoms with van der Waals surface area (Å²) in [6.07, 6.45) is 2.18. The number of likely N-dealkylation sites (tertiary alicyclic amines) is 1. The Bertz CT molecular complexity index is 731. The minimum absolute atomic E-state index is 0.0711. The van der Waals surface area contributed by atoms with Crippen LogP contribution >= 0.6 is 23.2 Å². The molecule has 0 bridgehead atoms. The van der Waals surface area contributed by atoms with Crippen LogP contribution in [0.4, 0.5) is 5.69 Å². The molecule has 1 atom stereocenters. The maximum atomic E-state index is 12.4. The molecule has 0 spiro atoms. The van der Waals surface area contributed by atoms with Gasteiger partial charge in [-0.15, -0.1) is 0 Å². The van der Waals surface area contributed by atoms with E-state index in [0.29, 0.717) is 28.3 Å². The van der Waals surface area contributed by atoms with Crippen molar-refractivity contribution in [1.29, 1.82) is 0 Å². The molecule has 5 heteroatoms. The fourth-order valence-corrected chi connectivity index (χ4v) is 3.50. The van der Waals surface area contributed by atoms with Gasteiger partial charge in [-0.2, -0.15) is 0 Å². The normalized spacial score (nSPS) is 17.9. The minimum atomic E-state index is -0.0711. The number of aryl methyl sites for hydroxylation is 1. The Morgan fingerprint density at radius 2 is 1.96 bits per heavy atom. The second-order valence-corrected chi connectivity index (χ2v) is 6.97. The maximum Gasteiger partial charge on any atom is 0.238 e. The molecule has 0 radical (unpaired) electrons. The zero-order chi connectivity index (χ0) is 17.1. The lowest BCUT2D eigenvalue weighted by Crippen LogP contribution is -2.33. The van der Waals surface area contributed by atoms with Gasteiger partial charge in [0.25, 0.3) is 0 Å². The first kappa shape index (κ1) is 17.3. The van der Waals surface area contributed by atoms with Crippen molar-refractivity contribution in [2.24, 2.45) is 0 Å². The lowest BCUT2D eigenvalue weighted by molar-refractivity contribution is -0.117. The van der Waals surface area contributed by atoms with Crippen LogP contribution in [0.5, 0.6) is 0 Å². The molecule has 0 aliphatic carbocycles.